The maximum Gasteiger partial charge on any atom is 0.336 e. The van der Waals surface area contributed by atoms with Gasteiger partial charge in [0.15, 0.2) is 5.92 Å². The molecule has 39 heavy (non-hydrogen) atoms. The molecule has 0 heterocycles. The molecule has 16 heteroatoms. The SMILES string of the molecule is CCOC(=O)C(C(=O)OCC)c1ccc([N+](=O)[O-])cc1C(=O)O.O=C(O)Cc1ccc([N+](=O)[O-])cc1C(=O)O. The van der Waals surface area contributed by atoms with Crippen LogP contribution in [0.3, 0.4) is 0 Å². The highest BCUT2D eigenvalue weighted by Crippen LogP contribution is 2.27. The number of aromatic carboxylic acids is 2. The van der Waals surface area contributed by atoms with Crippen LogP contribution in [0.2, 0.25) is 0 Å². The first-order chi connectivity index (χ1) is 18.2. The molecule has 0 atom stereocenters. The average Bonchev–Trinajstić information content (AvgIpc) is 2.84. The fourth-order valence-electron chi connectivity index (χ4n) is 3.09. The van der Waals surface area contributed by atoms with Gasteiger partial charge in [0.2, 0.25) is 0 Å². The molecule has 0 aliphatic rings. The predicted molar refractivity (Wildman–Crippen MR) is 127 cm³/mol. The van der Waals surface area contributed by atoms with E-state index in [1.807, 2.05) is 0 Å². The molecule has 0 fully saturated rings. The van der Waals surface area contributed by atoms with E-state index in [1.54, 1.807) is 0 Å². The Kier molecular flexibility index (Phi) is 11.6. The van der Waals surface area contributed by atoms with Gasteiger partial charge < -0.3 is 24.8 Å². The zero-order valence-corrected chi connectivity index (χ0v) is 20.4. The monoisotopic (exact) mass is 550 g/mol. The molecular weight excluding hydrogens is 528 g/mol. The van der Waals surface area contributed by atoms with Crippen molar-refractivity contribution in [3.8, 4) is 0 Å². The van der Waals surface area contributed by atoms with E-state index in [1.165, 1.54) is 13.8 Å². The third-order valence-corrected chi connectivity index (χ3v) is 4.71. The molecule has 0 unspecified atom stereocenters. The van der Waals surface area contributed by atoms with Gasteiger partial charge in [0.05, 0.1) is 40.6 Å². The number of nitrogens with zero attached hydrogens (tertiary/aromatic N) is 2. The Labute approximate surface area is 218 Å². The van der Waals surface area contributed by atoms with Gasteiger partial charge in [-0.2, -0.15) is 0 Å². The maximum atomic E-state index is 12.0. The highest BCUT2D eigenvalue weighted by atomic mass is 16.6. The quantitative estimate of drug-likeness (QED) is 0.157. The largest absolute Gasteiger partial charge is 0.481 e. The Morgan fingerprint density at radius 2 is 1.21 bits per heavy atom. The first kappa shape index (κ1) is 31.6. The predicted octanol–water partition coefficient (Wildman–Crippen LogP) is 2.42. The van der Waals surface area contributed by atoms with Crippen molar-refractivity contribution in [2.75, 3.05) is 13.2 Å². The van der Waals surface area contributed by atoms with Crippen molar-refractivity contribution in [3.63, 3.8) is 0 Å². The molecule has 0 radical (unpaired) electrons. The number of carboxylic acid groups (broad SMARTS) is 3. The van der Waals surface area contributed by atoms with Gasteiger partial charge in [-0.05, 0) is 31.0 Å². The van der Waals surface area contributed by atoms with Gasteiger partial charge in [-0.25, -0.2) is 9.59 Å². The normalized spacial score (nSPS) is 10.0. The Hall–Kier alpha value is -5.41. The number of esters is 2. The Bertz CT molecular complexity index is 1290. The molecule has 208 valence electrons. The summed E-state index contributed by atoms with van der Waals surface area (Å²) in [6, 6.07) is 5.89. The molecule has 0 saturated carbocycles. The van der Waals surface area contributed by atoms with Crippen molar-refractivity contribution >= 4 is 41.2 Å². The summed E-state index contributed by atoms with van der Waals surface area (Å²) < 4.78 is 9.54. The van der Waals surface area contributed by atoms with Crippen LogP contribution in [0.25, 0.3) is 0 Å². The van der Waals surface area contributed by atoms with E-state index in [2.05, 4.69) is 0 Å². The van der Waals surface area contributed by atoms with Gasteiger partial charge in [-0.3, -0.25) is 34.6 Å². The lowest BCUT2D eigenvalue weighted by molar-refractivity contribution is -0.385. The minimum atomic E-state index is -1.62. The molecule has 16 nitrogen and oxygen atoms in total. The first-order valence-electron chi connectivity index (χ1n) is 10.8. The zero-order chi connectivity index (χ0) is 29.9. The van der Waals surface area contributed by atoms with Crippen molar-refractivity contribution in [3.05, 3.63) is 78.9 Å². The molecule has 0 bridgehead atoms. The van der Waals surface area contributed by atoms with Crippen LogP contribution in [0.1, 0.15) is 51.6 Å². The number of benzene rings is 2. The molecule has 2 aromatic rings. The van der Waals surface area contributed by atoms with E-state index in [0.717, 1.165) is 36.4 Å². The lowest BCUT2D eigenvalue weighted by Crippen LogP contribution is -2.28. The molecule has 0 aliphatic carbocycles. The molecular formula is C23H22N2O14. The number of rotatable bonds is 11. The van der Waals surface area contributed by atoms with Crippen molar-refractivity contribution < 1.29 is 58.6 Å². The second kappa shape index (κ2) is 14.4. The maximum absolute atomic E-state index is 12.0. The number of hydrogen-bond donors (Lipinski definition) is 3. The second-order valence-corrected chi connectivity index (χ2v) is 7.25. The lowest BCUT2D eigenvalue weighted by Gasteiger charge is -2.16. The summed E-state index contributed by atoms with van der Waals surface area (Å²) in [4.78, 5) is 76.2. The van der Waals surface area contributed by atoms with Crippen LogP contribution in [-0.2, 0) is 30.3 Å². The van der Waals surface area contributed by atoms with Gasteiger partial charge in [0.1, 0.15) is 0 Å². The van der Waals surface area contributed by atoms with Crippen LogP contribution >= 0.6 is 0 Å². The van der Waals surface area contributed by atoms with E-state index in [4.69, 9.17) is 19.7 Å². The van der Waals surface area contributed by atoms with E-state index in [9.17, 15) is 49.3 Å². The second-order valence-electron chi connectivity index (χ2n) is 7.25. The standard InChI is InChI=1S/C14H15NO8.C9H7NO6/c1-3-22-13(18)11(14(19)23-4-2)9-6-5-8(15(20)21)7-10(9)12(16)17;11-8(12)3-5-1-2-6(10(15)16)4-7(5)9(13)14/h5-7,11H,3-4H2,1-2H3,(H,16,17);1-2,4H,3H2,(H,11,12)(H,13,14). The van der Waals surface area contributed by atoms with Gasteiger partial charge in [-0.1, -0.05) is 6.07 Å². The summed E-state index contributed by atoms with van der Waals surface area (Å²) in [6.45, 7) is 3.00. The first-order valence-corrected chi connectivity index (χ1v) is 10.8. The summed E-state index contributed by atoms with van der Waals surface area (Å²) in [5.41, 5.74) is -1.95. The molecule has 0 spiro atoms. The average molecular weight is 550 g/mol. The van der Waals surface area contributed by atoms with Gasteiger partial charge in [-0.15, -0.1) is 0 Å². The van der Waals surface area contributed by atoms with Crippen LogP contribution in [-0.4, -0.2) is 68.2 Å². The third-order valence-electron chi connectivity index (χ3n) is 4.71. The molecule has 0 aliphatic heterocycles. The fourth-order valence-corrected chi connectivity index (χ4v) is 3.09. The summed E-state index contributed by atoms with van der Waals surface area (Å²) in [5.74, 6) is -7.69. The lowest BCUT2D eigenvalue weighted by atomic mass is 9.93. The molecule has 0 aromatic heterocycles. The highest BCUT2D eigenvalue weighted by molar-refractivity contribution is 6.04. The minimum Gasteiger partial charge on any atom is -0.481 e. The molecule has 2 rings (SSSR count). The number of carboxylic acids is 3. The van der Waals surface area contributed by atoms with Crippen LogP contribution in [0.5, 0.6) is 0 Å². The van der Waals surface area contributed by atoms with Crippen molar-refractivity contribution in [1.82, 2.24) is 0 Å². The number of non-ortho nitro benzene ring substituents is 2. The van der Waals surface area contributed by atoms with Crippen LogP contribution in [0, 0.1) is 20.2 Å². The summed E-state index contributed by atoms with van der Waals surface area (Å²) in [5, 5.41) is 47.7. The molecule has 0 saturated heterocycles. The number of ether oxygens (including phenoxy) is 2. The van der Waals surface area contributed by atoms with E-state index < -0.39 is 63.3 Å². The topological polar surface area (TPSA) is 251 Å². The number of nitro benzene ring substituents is 2. The zero-order valence-electron chi connectivity index (χ0n) is 20.4. The van der Waals surface area contributed by atoms with E-state index in [0.29, 0.717) is 0 Å². The Morgan fingerprint density at radius 3 is 1.59 bits per heavy atom. The van der Waals surface area contributed by atoms with Gasteiger partial charge >= 0.3 is 29.8 Å². The molecule has 0 amide bonds. The number of aliphatic carboxylic acids is 1. The van der Waals surface area contributed by atoms with Crippen molar-refractivity contribution in [2.45, 2.75) is 26.2 Å². The van der Waals surface area contributed by atoms with E-state index >= 15 is 0 Å². The van der Waals surface area contributed by atoms with Crippen molar-refractivity contribution in [2.24, 2.45) is 0 Å². The Balaban J connectivity index is 0.000000416. The Morgan fingerprint density at radius 1 is 0.769 bits per heavy atom. The van der Waals surface area contributed by atoms with Gasteiger partial charge in [0.25, 0.3) is 11.4 Å². The smallest absolute Gasteiger partial charge is 0.336 e. The van der Waals surface area contributed by atoms with E-state index in [-0.39, 0.29) is 35.6 Å². The fraction of sp³-hybridized carbons (Fsp3) is 0.261. The third kappa shape index (κ3) is 8.88. The van der Waals surface area contributed by atoms with Crippen LogP contribution in [0.4, 0.5) is 11.4 Å². The molecule has 3 N–H and O–H groups in total. The van der Waals surface area contributed by atoms with Crippen molar-refractivity contribution in [1.29, 1.82) is 0 Å². The number of hydrogen-bond acceptors (Lipinski definition) is 11. The summed E-state index contributed by atoms with van der Waals surface area (Å²) >= 11 is 0. The number of carbonyl (C=O) groups is 5. The summed E-state index contributed by atoms with van der Waals surface area (Å²) in [7, 11) is 0. The minimum absolute atomic E-state index is 0.0237. The number of carbonyl (C=O) groups excluding carboxylic acids is 2. The van der Waals surface area contributed by atoms with Crippen LogP contribution in [0.15, 0.2) is 36.4 Å². The number of nitro groups is 2. The van der Waals surface area contributed by atoms with Gasteiger partial charge in [0, 0.05) is 24.3 Å². The van der Waals surface area contributed by atoms with Crippen LogP contribution < -0.4 is 0 Å². The summed E-state index contributed by atoms with van der Waals surface area (Å²) in [6.07, 6.45) is -0.486. The molecule has 2 aromatic carbocycles. The highest BCUT2D eigenvalue weighted by Gasteiger charge is 2.35.